The summed E-state index contributed by atoms with van der Waals surface area (Å²) in [5, 5.41) is 6.40. The number of benzene rings is 1. The Kier molecular flexibility index (Phi) is 9.53. The predicted octanol–water partition coefficient (Wildman–Crippen LogP) is 3.64. The summed E-state index contributed by atoms with van der Waals surface area (Å²) in [7, 11) is 1.80. The zero-order valence-electron chi connectivity index (χ0n) is 18.0. The van der Waals surface area contributed by atoms with Crippen molar-refractivity contribution in [3.8, 4) is 0 Å². The van der Waals surface area contributed by atoms with Gasteiger partial charge < -0.3 is 20.3 Å². The molecule has 1 amide bonds. The number of rotatable bonds is 4. The molecule has 1 aliphatic heterocycles. The lowest BCUT2D eigenvalue weighted by Gasteiger charge is -2.23. The van der Waals surface area contributed by atoms with Crippen molar-refractivity contribution in [2.75, 3.05) is 26.7 Å². The molecule has 1 aliphatic rings. The molecule has 2 rings (SSSR count). The van der Waals surface area contributed by atoms with Gasteiger partial charge in [-0.15, -0.1) is 24.0 Å². The van der Waals surface area contributed by atoms with E-state index in [1.807, 2.05) is 20.8 Å². The quantitative estimate of drug-likeness (QED) is 0.375. The van der Waals surface area contributed by atoms with Crippen LogP contribution in [0, 0.1) is 13.8 Å². The standard InChI is InChI=1S/C21H34N4O2.HI/c1-15-11-16(2)13-17(12-15)7-9-23-19(22-6)25-10-8-18(14-25)24-20(26)27-21(3,4)5;/h11-13,18H,7-10,14H2,1-6H3,(H,22,23)(H,24,26);1H. The topological polar surface area (TPSA) is 66.0 Å². The number of nitrogens with zero attached hydrogens (tertiary/aromatic N) is 2. The Morgan fingerprint density at radius 1 is 1.25 bits per heavy atom. The number of carbonyl (C=O) groups excluding carboxylic acids is 1. The van der Waals surface area contributed by atoms with Crippen LogP contribution in [0.4, 0.5) is 4.79 Å². The molecule has 0 spiro atoms. The van der Waals surface area contributed by atoms with Crippen LogP contribution in [0.5, 0.6) is 0 Å². The van der Waals surface area contributed by atoms with E-state index in [9.17, 15) is 4.79 Å². The molecule has 1 aromatic carbocycles. The van der Waals surface area contributed by atoms with Crippen molar-refractivity contribution in [1.82, 2.24) is 15.5 Å². The number of aliphatic imine (C=N–C) groups is 1. The number of aryl methyl sites for hydroxylation is 2. The molecule has 1 fully saturated rings. The van der Waals surface area contributed by atoms with Gasteiger partial charge in [-0.3, -0.25) is 4.99 Å². The Labute approximate surface area is 186 Å². The van der Waals surface area contributed by atoms with Gasteiger partial charge in [0.15, 0.2) is 5.96 Å². The number of hydrogen-bond donors (Lipinski definition) is 2. The van der Waals surface area contributed by atoms with E-state index in [0.717, 1.165) is 38.4 Å². The SMILES string of the molecule is CN=C(NCCc1cc(C)cc(C)c1)N1CCC(NC(=O)OC(C)(C)C)C1.I. The van der Waals surface area contributed by atoms with Crippen LogP contribution in [-0.2, 0) is 11.2 Å². The minimum atomic E-state index is -0.478. The fourth-order valence-corrected chi connectivity index (χ4v) is 3.41. The molecule has 0 bridgehead atoms. The maximum Gasteiger partial charge on any atom is 0.407 e. The minimum absolute atomic E-state index is 0. The third kappa shape index (κ3) is 8.24. The first-order chi connectivity index (χ1) is 12.7. The highest BCUT2D eigenvalue weighted by Gasteiger charge is 2.27. The third-order valence-electron chi connectivity index (χ3n) is 4.40. The number of likely N-dealkylation sites (tertiary alicyclic amines) is 1. The smallest absolute Gasteiger partial charge is 0.407 e. The van der Waals surface area contributed by atoms with Crippen molar-refractivity contribution < 1.29 is 9.53 Å². The van der Waals surface area contributed by atoms with Gasteiger partial charge in [-0.25, -0.2) is 4.79 Å². The van der Waals surface area contributed by atoms with Crippen LogP contribution in [0.1, 0.15) is 43.9 Å². The fourth-order valence-electron chi connectivity index (χ4n) is 3.41. The lowest BCUT2D eigenvalue weighted by atomic mass is 10.1. The Morgan fingerprint density at radius 3 is 2.46 bits per heavy atom. The van der Waals surface area contributed by atoms with E-state index < -0.39 is 5.60 Å². The highest BCUT2D eigenvalue weighted by atomic mass is 127. The molecule has 0 aliphatic carbocycles. The van der Waals surface area contributed by atoms with E-state index >= 15 is 0 Å². The molecule has 2 N–H and O–H groups in total. The number of ether oxygens (including phenoxy) is 1. The van der Waals surface area contributed by atoms with E-state index in [2.05, 4.69) is 52.6 Å². The minimum Gasteiger partial charge on any atom is -0.444 e. The van der Waals surface area contributed by atoms with Gasteiger partial charge in [0.05, 0.1) is 6.04 Å². The van der Waals surface area contributed by atoms with Crippen LogP contribution < -0.4 is 10.6 Å². The first kappa shape index (κ1) is 24.5. The van der Waals surface area contributed by atoms with Crippen molar-refractivity contribution in [2.45, 2.75) is 59.1 Å². The summed E-state index contributed by atoms with van der Waals surface area (Å²) in [6.07, 6.45) is 1.48. The van der Waals surface area contributed by atoms with Gasteiger partial charge in [0.1, 0.15) is 5.60 Å². The number of carbonyl (C=O) groups is 1. The van der Waals surface area contributed by atoms with Gasteiger partial charge in [-0.1, -0.05) is 29.3 Å². The van der Waals surface area contributed by atoms with Crippen molar-refractivity contribution in [1.29, 1.82) is 0 Å². The normalized spacial score (nSPS) is 17.1. The van der Waals surface area contributed by atoms with Crippen molar-refractivity contribution >= 4 is 36.0 Å². The average molecular weight is 502 g/mol. The highest BCUT2D eigenvalue weighted by molar-refractivity contribution is 14.0. The summed E-state index contributed by atoms with van der Waals surface area (Å²) < 4.78 is 5.34. The first-order valence-corrected chi connectivity index (χ1v) is 9.68. The van der Waals surface area contributed by atoms with Crippen LogP contribution in [0.3, 0.4) is 0 Å². The fraction of sp³-hybridized carbons (Fsp3) is 0.619. The molecular formula is C21H35IN4O2. The molecule has 28 heavy (non-hydrogen) atoms. The number of guanidine groups is 1. The third-order valence-corrected chi connectivity index (χ3v) is 4.40. The summed E-state index contributed by atoms with van der Waals surface area (Å²) in [4.78, 5) is 18.5. The monoisotopic (exact) mass is 502 g/mol. The molecule has 0 aromatic heterocycles. The number of alkyl carbamates (subject to hydrolysis) is 1. The molecule has 158 valence electrons. The molecule has 1 heterocycles. The largest absolute Gasteiger partial charge is 0.444 e. The average Bonchev–Trinajstić information content (AvgIpc) is 2.96. The molecule has 0 radical (unpaired) electrons. The first-order valence-electron chi connectivity index (χ1n) is 9.68. The summed E-state index contributed by atoms with van der Waals surface area (Å²) in [6.45, 7) is 12.3. The number of nitrogens with one attached hydrogen (secondary N) is 2. The zero-order chi connectivity index (χ0) is 20.0. The Bertz CT molecular complexity index is 665. The molecule has 0 saturated carbocycles. The molecule has 1 unspecified atom stereocenters. The van der Waals surface area contributed by atoms with Crippen molar-refractivity contribution in [2.24, 2.45) is 4.99 Å². The molecule has 6 nitrogen and oxygen atoms in total. The van der Waals surface area contributed by atoms with Gasteiger partial charge in [-0.2, -0.15) is 0 Å². The van der Waals surface area contributed by atoms with Gasteiger partial charge in [0.2, 0.25) is 0 Å². The summed E-state index contributed by atoms with van der Waals surface area (Å²) >= 11 is 0. The molecule has 1 saturated heterocycles. The van der Waals surface area contributed by atoms with Crippen LogP contribution in [0.15, 0.2) is 23.2 Å². The Hall–Kier alpha value is -1.51. The Balaban J connectivity index is 0.00000392. The highest BCUT2D eigenvalue weighted by Crippen LogP contribution is 2.12. The predicted molar refractivity (Wildman–Crippen MR) is 126 cm³/mol. The maximum absolute atomic E-state index is 11.9. The summed E-state index contributed by atoms with van der Waals surface area (Å²) in [6, 6.07) is 6.73. The van der Waals surface area contributed by atoms with E-state index in [-0.39, 0.29) is 36.1 Å². The lowest BCUT2D eigenvalue weighted by molar-refractivity contribution is 0.0507. The van der Waals surface area contributed by atoms with Gasteiger partial charge in [0.25, 0.3) is 0 Å². The molecule has 1 aromatic rings. The maximum atomic E-state index is 11.9. The van der Waals surface area contributed by atoms with Crippen LogP contribution >= 0.6 is 24.0 Å². The van der Waals surface area contributed by atoms with E-state index in [1.165, 1.54) is 16.7 Å². The van der Waals surface area contributed by atoms with Gasteiger partial charge in [0, 0.05) is 26.7 Å². The second kappa shape index (κ2) is 10.9. The van der Waals surface area contributed by atoms with Gasteiger partial charge in [-0.05, 0) is 53.0 Å². The lowest BCUT2D eigenvalue weighted by Crippen LogP contribution is -2.44. The van der Waals surface area contributed by atoms with E-state index in [0.29, 0.717) is 0 Å². The summed E-state index contributed by atoms with van der Waals surface area (Å²) in [5.41, 5.74) is 3.45. The van der Waals surface area contributed by atoms with Crippen LogP contribution in [-0.4, -0.2) is 55.3 Å². The van der Waals surface area contributed by atoms with Crippen molar-refractivity contribution in [3.05, 3.63) is 34.9 Å². The van der Waals surface area contributed by atoms with Gasteiger partial charge >= 0.3 is 6.09 Å². The van der Waals surface area contributed by atoms with Crippen LogP contribution in [0.2, 0.25) is 0 Å². The second-order valence-corrected chi connectivity index (χ2v) is 8.30. The number of halogens is 1. The Morgan fingerprint density at radius 2 is 1.89 bits per heavy atom. The molecule has 7 heteroatoms. The molecule has 1 atom stereocenters. The summed E-state index contributed by atoms with van der Waals surface area (Å²) in [5.74, 6) is 0.882. The number of amides is 1. The van der Waals surface area contributed by atoms with Crippen molar-refractivity contribution in [3.63, 3.8) is 0 Å². The zero-order valence-corrected chi connectivity index (χ0v) is 20.3. The number of hydrogen-bond acceptors (Lipinski definition) is 3. The second-order valence-electron chi connectivity index (χ2n) is 8.30. The molecular weight excluding hydrogens is 467 g/mol. The van der Waals surface area contributed by atoms with E-state index in [1.54, 1.807) is 7.05 Å². The van der Waals surface area contributed by atoms with Crippen LogP contribution in [0.25, 0.3) is 0 Å². The van der Waals surface area contributed by atoms with E-state index in [4.69, 9.17) is 4.74 Å².